The van der Waals surface area contributed by atoms with Gasteiger partial charge in [0.15, 0.2) is 0 Å². The van der Waals surface area contributed by atoms with Crippen molar-refractivity contribution in [2.24, 2.45) is 5.92 Å². The van der Waals surface area contributed by atoms with Gasteiger partial charge in [0.2, 0.25) is 0 Å². The topological polar surface area (TPSA) is 37.3 Å². The highest BCUT2D eigenvalue weighted by molar-refractivity contribution is 5.69. The van der Waals surface area contributed by atoms with E-state index in [4.69, 9.17) is 5.11 Å². The van der Waals surface area contributed by atoms with E-state index >= 15 is 0 Å². The number of hydrogen-bond acceptors (Lipinski definition) is 1. The molecule has 0 spiro atoms. The molecule has 0 amide bonds. The van der Waals surface area contributed by atoms with Crippen molar-refractivity contribution < 1.29 is 9.90 Å². The van der Waals surface area contributed by atoms with Crippen molar-refractivity contribution in [3.63, 3.8) is 0 Å². The van der Waals surface area contributed by atoms with Gasteiger partial charge in [-0.05, 0) is 19.3 Å². The highest BCUT2D eigenvalue weighted by atomic mass is 16.4. The standard InChI is InChI=1S/C8H14O2/c1-3-5-6-7(4-2)8(9)10/h3,7H,1,4-6H2,2H3,(H,9,10)/t7-/m1/s1. The number of carboxylic acid groups (broad SMARTS) is 1. The van der Waals surface area contributed by atoms with Gasteiger partial charge in [-0.3, -0.25) is 4.79 Å². The van der Waals surface area contributed by atoms with Crippen molar-refractivity contribution in [3.05, 3.63) is 12.7 Å². The van der Waals surface area contributed by atoms with E-state index in [0.29, 0.717) is 6.42 Å². The fourth-order valence-corrected chi connectivity index (χ4v) is 0.821. The molecule has 0 aromatic rings. The number of hydrogen-bond donors (Lipinski definition) is 1. The van der Waals surface area contributed by atoms with Crippen LogP contribution in [-0.4, -0.2) is 11.1 Å². The zero-order valence-corrected chi connectivity index (χ0v) is 6.34. The van der Waals surface area contributed by atoms with Crippen LogP contribution in [0.15, 0.2) is 12.7 Å². The molecule has 0 rings (SSSR count). The van der Waals surface area contributed by atoms with E-state index < -0.39 is 5.97 Å². The van der Waals surface area contributed by atoms with Gasteiger partial charge in [-0.15, -0.1) is 6.58 Å². The van der Waals surface area contributed by atoms with Gasteiger partial charge in [0.05, 0.1) is 5.92 Å². The lowest BCUT2D eigenvalue weighted by Crippen LogP contribution is -2.11. The Morgan fingerprint density at radius 3 is 2.70 bits per heavy atom. The molecule has 0 saturated carbocycles. The van der Waals surface area contributed by atoms with Crippen LogP contribution in [0.1, 0.15) is 26.2 Å². The third-order valence-corrected chi connectivity index (χ3v) is 1.56. The minimum atomic E-state index is -0.690. The molecule has 0 aromatic carbocycles. The first-order chi connectivity index (χ1) is 4.72. The van der Waals surface area contributed by atoms with Crippen LogP contribution in [0.5, 0.6) is 0 Å². The Morgan fingerprint density at radius 1 is 1.80 bits per heavy atom. The average Bonchev–Trinajstić information content (AvgIpc) is 1.89. The average molecular weight is 142 g/mol. The maximum Gasteiger partial charge on any atom is 0.306 e. The largest absolute Gasteiger partial charge is 0.481 e. The summed E-state index contributed by atoms with van der Waals surface area (Å²) in [5.74, 6) is -0.873. The monoisotopic (exact) mass is 142 g/mol. The molecule has 58 valence electrons. The van der Waals surface area contributed by atoms with E-state index in [1.165, 1.54) is 0 Å². The van der Waals surface area contributed by atoms with Gasteiger partial charge >= 0.3 is 5.97 Å². The van der Waals surface area contributed by atoms with Gasteiger partial charge < -0.3 is 5.11 Å². The highest BCUT2D eigenvalue weighted by Gasteiger charge is 2.12. The van der Waals surface area contributed by atoms with Crippen LogP contribution in [-0.2, 0) is 4.79 Å². The first kappa shape index (κ1) is 9.21. The molecule has 0 saturated heterocycles. The molecule has 1 N–H and O–H groups in total. The summed E-state index contributed by atoms with van der Waals surface area (Å²) in [4.78, 5) is 10.4. The summed E-state index contributed by atoms with van der Waals surface area (Å²) in [7, 11) is 0. The summed E-state index contributed by atoms with van der Waals surface area (Å²) < 4.78 is 0. The molecule has 0 bridgehead atoms. The van der Waals surface area contributed by atoms with E-state index in [1.807, 2.05) is 6.92 Å². The third kappa shape index (κ3) is 3.28. The summed E-state index contributed by atoms with van der Waals surface area (Å²) >= 11 is 0. The Morgan fingerprint density at radius 2 is 2.40 bits per heavy atom. The SMILES string of the molecule is C=CCC[C@@H](CC)C(=O)O. The predicted molar refractivity (Wildman–Crippen MR) is 40.8 cm³/mol. The smallest absolute Gasteiger partial charge is 0.306 e. The maximum absolute atomic E-state index is 10.4. The number of aliphatic carboxylic acids is 1. The molecule has 0 heterocycles. The lowest BCUT2D eigenvalue weighted by Gasteiger charge is -2.05. The summed E-state index contributed by atoms with van der Waals surface area (Å²) in [6, 6.07) is 0. The Hall–Kier alpha value is -0.790. The first-order valence-electron chi connectivity index (χ1n) is 3.56. The highest BCUT2D eigenvalue weighted by Crippen LogP contribution is 2.10. The molecular formula is C8H14O2. The maximum atomic E-state index is 10.4. The van der Waals surface area contributed by atoms with Crippen LogP contribution in [0, 0.1) is 5.92 Å². The van der Waals surface area contributed by atoms with Crippen molar-refractivity contribution in [1.29, 1.82) is 0 Å². The Balaban J connectivity index is 3.60. The Labute approximate surface area is 61.6 Å². The minimum absolute atomic E-state index is 0.182. The van der Waals surface area contributed by atoms with E-state index in [2.05, 4.69) is 6.58 Å². The van der Waals surface area contributed by atoms with Gasteiger partial charge in [-0.1, -0.05) is 13.0 Å². The molecule has 10 heavy (non-hydrogen) atoms. The minimum Gasteiger partial charge on any atom is -0.481 e. The molecule has 2 nitrogen and oxygen atoms in total. The predicted octanol–water partition coefficient (Wildman–Crippen LogP) is 2.06. The van der Waals surface area contributed by atoms with Gasteiger partial charge in [-0.25, -0.2) is 0 Å². The van der Waals surface area contributed by atoms with Gasteiger partial charge in [-0.2, -0.15) is 0 Å². The van der Waals surface area contributed by atoms with E-state index in [9.17, 15) is 4.79 Å². The molecule has 0 aliphatic heterocycles. The summed E-state index contributed by atoms with van der Waals surface area (Å²) in [6.45, 7) is 5.42. The van der Waals surface area contributed by atoms with Crippen LogP contribution in [0.2, 0.25) is 0 Å². The normalized spacial score (nSPS) is 12.5. The fraction of sp³-hybridized carbons (Fsp3) is 0.625. The Kier molecular flexibility index (Phi) is 4.63. The zero-order chi connectivity index (χ0) is 7.98. The van der Waals surface area contributed by atoms with Crippen LogP contribution < -0.4 is 0 Å². The molecule has 0 radical (unpaired) electrons. The molecule has 0 aliphatic rings. The van der Waals surface area contributed by atoms with Gasteiger partial charge in [0.25, 0.3) is 0 Å². The van der Waals surface area contributed by atoms with Crippen molar-refractivity contribution in [2.45, 2.75) is 26.2 Å². The fourth-order valence-electron chi connectivity index (χ4n) is 0.821. The van der Waals surface area contributed by atoms with Crippen LogP contribution in [0.4, 0.5) is 0 Å². The van der Waals surface area contributed by atoms with Crippen LogP contribution >= 0.6 is 0 Å². The molecule has 2 heteroatoms. The summed E-state index contributed by atoms with van der Waals surface area (Å²) in [5.41, 5.74) is 0. The van der Waals surface area contributed by atoms with Crippen molar-refractivity contribution in [3.8, 4) is 0 Å². The number of carbonyl (C=O) groups is 1. The summed E-state index contributed by atoms with van der Waals surface area (Å²) in [5, 5.41) is 8.57. The van der Waals surface area contributed by atoms with Crippen molar-refractivity contribution in [1.82, 2.24) is 0 Å². The van der Waals surface area contributed by atoms with Crippen LogP contribution in [0.3, 0.4) is 0 Å². The van der Waals surface area contributed by atoms with Crippen molar-refractivity contribution >= 4 is 5.97 Å². The molecule has 0 aliphatic carbocycles. The summed E-state index contributed by atoms with van der Waals surface area (Å²) in [6.07, 6.45) is 3.98. The quantitative estimate of drug-likeness (QED) is 0.596. The van der Waals surface area contributed by atoms with Gasteiger partial charge in [0.1, 0.15) is 0 Å². The lowest BCUT2D eigenvalue weighted by atomic mass is 10.0. The number of carboxylic acids is 1. The molecule has 0 fully saturated rings. The van der Waals surface area contributed by atoms with E-state index in [-0.39, 0.29) is 5.92 Å². The van der Waals surface area contributed by atoms with Crippen molar-refractivity contribution in [2.75, 3.05) is 0 Å². The second-order valence-corrected chi connectivity index (χ2v) is 2.31. The molecule has 0 aromatic heterocycles. The zero-order valence-electron chi connectivity index (χ0n) is 6.34. The van der Waals surface area contributed by atoms with Gasteiger partial charge in [0, 0.05) is 0 Å². The second-order valence-electron chi connectivity index (χ2n) is 2.31. The van der Waals surface area contributed by atoms with E-state index in [1.54, 1.807) is 6.08 Å². The second kappa shape index (κ2) is 5.03. The Bertz CT molecular complexity index is 118. The van der Waals surface area contributed by atoms with E-state index in [0.717, 1.165) is 12.8 Å². The molecule has 0 unspecified atom stereocenters. The molecular weight excluding hydrogens is 128 g/mol. The number of rotatable bonds is 5. The van der Waals surface area contributed by atoms with Crippen LogP contribution in [0.25, 0.3) is 0 Å². The third-order valence-electron chi connectivity index (χ3n) is 1.56. The lowest BCUT2D eigenvalue weighted by molar-refractivity contribution is -0.142. The first-order valence-corrected chi connectivity index (χ1v) is 3.56. The number of allylic oxidation sites excluding steroid dienone is 1. The molecule has 1 atom stereocenters.